The molecule has 0 heterocycles. The standard InChI is InChI=1S/C9H11NO3/c1-13-9-3-2-7(4-8(9)12)5-10-6-11/h2-4,6,12H,5H2,1H3,(H,10,11). The molecule has 0 aliphatic carbocycles. The lowest BCUT2D eigenvalue weighted by Crippen LogP contribution is -2.09. The van der Waals surface area contributed by atoms with Crippen LogP contribution in [0.4, 0.5) is 0 Å². The van der Waals surface area contributed by atoms with Gasteiger partial charge in [-0.05, 0) is 17.7 Å². The van der Waals surface area contributed by atoms with Crippen molar-refractivity contribution in [1.29, 1.82) is 0 Å². The minimum atomic E-state index is 0.0766. The number of ether oxygens (including phenoxy) is 1. The van der Waals surface area contributed by atoms with Crippen molar-refractivity contribution in [3.63, 3.8) is 0 Å². The number of nitrogens with one attached hydrogen (secondary N) is 1. The Kier molecular flexibility index (Phi) is 3.14. The summed E-state index contributed by atoms with van der Waals surface area (Å²) in [5.41, 5.74) is 0.824. The summed E-state index contributed by atoms with van der Waals surface area (Å²) in [6.07, 6.45) is 0.612. The second-order valence-electron chi connectivity index (χ2n) is 2.50. The summed E-state index contributed by atoms with van der Waals surface area (Å²) < 4.78 is 4.86. The summed E-state index contributed by atoms with van der Waals surface area (Å²) in [7, 11) is 1.48. The van der Waals surface area contributed by atoms with E-state index in [1.54, 1.807) is 18.2 Å². The Balaban J connectivity index is 2.76. The molecule has 0 spiro atoms. The van der Waals surface area contributed by atoms with Crippen molar-refractivity contribution in [1.82, 2.24) is 5.32 Å². The molecule has 0 bridgehead atoms. The molecule has 0 radical (unpaired) electrons. The SMILES string of the molecule is COc1ccc(CNC=O)cc1O. The van der Waals surface area contributed by atoms with Crippen LogP contribution < -0.4 is 10.1 Å². The maximum Gasteiger partial charge on any atom is 0.207 e. The molecule has 1 amide bonds. The van der Waals surface area contributed by atoms with Gasteiger partial charge in [-0.1, -0.05) is 6.07 Å². The maximum atomic E-state index is 9.99. The third kappa shape index (κ3) is 2.37. The lowest BCUT2D eigenvalue weighted by atomic mass is 10.2. The number of hydrogen-bond acceptors (Lipinski definition) is 3. The van der Waals surface area contributed by atoms with Crippen LogP contribution in [-0.2, 0) is 11.3 Å². The summed E-state index contributed by atoms with van der Waals surface area (Å²) in [5.74, 6) is 0.502. The smallest absolute Gasteiger partial charge is 0.207 e. The van der Waals surface area contributed by atoms with E-state index >= 15 is 0 Å². The van der Waals surface area contributed by atoms with Gasteiger partial charge in [-0.25, -0.2) is 0 Å². The van der Waals surface area contributed by atoms with Crippen LogP contribution in [0.15, 0.2) is 18.2 Å². The average molecular weight is 181 g/mol. The molecule has 70 valence electrons. The molecule has 1 rings (SSSR count). The molecule has 1 aromatic carbocycles. The second-order valence-corrected chi connectivity index (χ2v) is 2.50. The number of carbonyl (C=O) groups is 1. The molecule has 0 unspecified atom stereocenters. The van der Waals surface area contributed by atoms with Gasteiger partial charge in [0.1, 0.15) is 0 Å². The molecule has 4 heteroatoms. The largest absolute Gasteiger partial charge is 0.504 e. The van der Waals surface area contributed by atoms with Gasteiger partial charge in [-0.2, -0.15) is 0 Å². The summed E-state index contributed by atoms with van der Waals surface area (Å²) in [6, 6.07) is 4.97. The molecule has 0 saturated heterocycles. The minimum Gasteiger partial charge on any atom is -0.504 e. The third-order valence-corrected chi connectivity index (χ3v) is 1.63. The van der Waals surface area contributed by atoms with Gasteiger partial charge < -0.3 is 15.2 Å². The van der Waals surface area contributed by atoms with Crippen LogP contribution in [0.5, 0.6) is 11.5 Å². The van der Waals surface area contributed by atoms with E-state index in [0.29, 0.717) is 18.7 Å². The van der Waals surface area contributed by atoms with Crippen LogP contribution in [0.1, 0.15) is 5.56 Å². The predicted molar refractivity (Wildman–Crippen MR) is 47.6 cm³/mol. The number of aromatic hydroxyl groups is 1. The van der Waals surface area contributed by atoms with Crippen LogP contribution in [-0.4, -0.2) is 18.6 Å². The highest BCUT2D eigenvalue weighted by Crippen LogP contribution is 2.25. The Bertz CT molecular complexity index is 299. The maximum absolute atomic E-state index is 9.99. The lowest BCUT2D eigenvalue weighted by Gasteiger charge is -2.05. The van der Waals surface area contributed by atoms with E-state index in [9.17, 15) is 9.90 Å². The Morgan fingerprint density at radius 3 is 2.92 bits per heavy atom. The second kappa shape index (κ2) is 4.35. The van der Waals surface area contributed by atoms with E-state index in [-0.39, 0.29) is 5.75 Å². The van der Waals surface area contributed by atoms with Gasteiger partial charge in [0.25, 0.3) is 0 Å². The van der Waals surface area contributed by atoms with Gasteiger partial charge in [-0.3, -0.25) is 4.79 Å². The van der Waals surface area contributed by atoms with Crippen molar-refractivity contribution >= 4 is 6.41 Å². The molecule has 13 heavy (non-hydrogen) atoms. The summed E-state index contributed by atoms with van der Waals surface area (Å²) >= 11 is 0. The zero-order chi connectivity index (χ0) is 9.68. The fourth-order valence-corrected chi connectivity index (χ4v) is 1.01. The van der Waals surface area contributed by atoms with Gasteiger partial charge in [0.15, 0.2) is 11.5 Å². The van der Waals surface area contributed by atoms with Crippen LogP contribution in [0, 0.1) is 0 Å². The minimum absolute atomic E-state index is 0.0766. The number of rotatable bonds is 4. The molecule has 0 fully saturated rings. The van der Waals surface area contributed by atoms with E-state index in [1.165, 1.54) is 7.11 Å². The van der Waals surface area contributed by atoms with Gasteiger partial charge in [0, 0.05) is 6.54 Å². The topological polar surface area (TPSA) is 58.6 Å². The molecule has 0 aromatic heterocycles. The Hall–Kier alpha value is -1.71. The lowest BCUT2D eigenvalue weighted by molar-refractivity contribution is -0.109. The highest BCUT2D eigenvalue weighted by atomic mass is 16.5. The number of methoxy groups -OCH3 is 1. The van der Waals surface area contributed by atoms with Crippen molar-refractivity contribution in [2.45, 2.75) is 6.54 Å². The molecule has 2 N–H and O–H groups in total. The van der Waals surface area contributed by atoms with Crippen molar-refractivity contribution in [3.8, 4) is 11.5 Å². The average Bonchev–Trinajstić information content (AvgIpc) is 2.15. The van der Waals surface area contributed by atoms with E-state index in [1.807, 2.05) is 0 Å². The summed E-state index contributed by atoms with van der Waals surface area (Å²) in [4.78, 5) is 9.99. The first-order valence-corrected chi connectivity index (χ1v) is 3.81. The molecule has 0 saturated carbocycles. The zero-order valence-corrected chi connectivity index (χ0v) is 7.28. The first-order valence-electron chi connectivity index (χ1n) is 3.81. The molecule has 0 aliphatic heterocycles. The fraction of sp³-hybridized carbons (Fsp3) is 0.222. The number of amides is 1. The van der Waals surface area contributed by atoms with Crippen LogP contribution in [0.2, 0.25) is 0 Å². The molecular formula is C9H11NO3. The van der Waals surface area contributed by atoms with Crippen molar-refractivity contribution in [2.24, 2.45) is 0 Å². The van der Waals surface area contributed by atoms with Crippen LogP contribution in [0.25, 0.3) is 0 Å². The third-order valence-electron chi connectivity index (χ3n) is 1.63. The van der Waals surface area contributed by atoms with Crippen LogP contribution in [0.3, 0.4) is 0 Å². The number of phenols is 1. The first kappa shape index (κ1) is 9.38. The highest BCUT2D eigenvalue weighted by Gasteiger charge is 2.01. The van der Waals surface area contributed by atoms with Gasteiger partial charge in [0.2, 0.25) is 6.41 Å². The molecule has 4 nitrogen and oxygen atoms in total. The number of carbonyl (C=O) groups excluding carboxylic acids is 1. The Morgan fingerprint density at radius 2 is 2.38 bits per heavy atom. The normalized spacial score (nSPS) is 9.31. The molecule has 1 aromatic rings. The zero-order valence-electron chi connectivity index (χ0n) is 7.28. The Morgan fingerprint density at radius 1 is 1.62 bits per heavy atom. The monoisotopic (exact) mass is 181 g/mol. The van der Waals surface area contributed by atoms with Crippen molar-refractivity contribution in [3.05, 3.63) is 23.8 Å². The number of phenolic OH excluding ortho intramolecular Hbond substituents is 1. The quantitative estimate of drug-likeness (QED) is 0.670. The predicted octanol–water partition coefficient (Wildman–Crippen LogP) is 0.647. The van der Waals surface area contributed by atoms with Gasteiger partial charge in [0.05, 0.1) is 7.11 Å². The summed E-state index contributed by atoms with van der Waals surface area (Å²) in [6.45, 7) is 0.404. The number of hydrogen-bond donors (Lipinski definition) is 2. The van der Waals surface area contributed by atoms with Gasteiger partial charge in [-0.15, -0.1) is 0 Å². The first-order chi connectivity index (χ1) is 6.27. The molecular weight excluding hydrogens is 170 g/mol. The van der Waals surface area contributed by atoms with E-state index in [2.05, 4.69) is 5.32 Å². The highest BCUT2D eigenvalue weighted by molar-refractivity contribution is 5.47. The fourth-order valence-electron chi connectivity index (χ4n) is 1.01. The van der Waals surface area contributed by atoms with Crippen molar-refractivity contribution < 1.29 is 14.6 Å². The van der Waals surface area contributed by atoms with E-state index in [0.717, 1.165) is 5.56 Å². The van der Waals surface area contributed by atoms with E-state index in [4.69, 9.17) is 4.74 Å². The van der Waals surface area contributed by atoms with E-state index < -0.39 is 0 Å². The molecule has 0 aliphatic rings. The van der Waals surface area contributed by atoms with Gasteiger partial charge >= 0.3 is 0 Å². The summed E-state index contributed by atoms with van der Waals surface area (Å²) in [5, 5.41) is 11.8. The number of benzene rings is 1. The molecule has 0 atom stereocenters. The Labute approximate surface area is 76.1 Å². The van der Waals surface area contributed by atoms with Crippen molar-refractivity contribution in [2.75, 3.05) is 7.11 Å². The van der Waals surface area contributed by atoms with Crippen LogP contribution >= 0.6 is 0 Å².